The number of aliphatic hydroxyl groups is 1. The van der Waals surface area contributed by atoms with Crippen LogP contribution in [0.25, 0.3) is 0 Å². The van der Waals surface area contributed by atoms with Crippen LogP contribution in [-0.2, 0) is 18.4 Å². The predicted molar refractivity (Wildman–Crippen MR) is 221 cm³/mol. The number of aliphatic hydroxyl groups excluding tert-OH is 1. The fourth-order valence-electron chi connectivity index (χ4n) is 5.24. The van der Waals surface area contributed by atoms with E-state index in [1.165, 1.54) is 51.4 Å². The van der Waals surface area contributed by atoms with Crippen molar-refractivity contribution in [1.82, 2.24) is 5.32 Å². The third-order valence-corrected chi connectivity index (χ3v) is 9.47. The fraction of sp³-hybridized carbons (Fsp3) is 0.698. The number of unbranched alkanes of at least 4 members (excludes halogenated alkanes) is 10. The molecule has 1 amide bonds. The van der Waals surface area contributed by atoms with E-state index in [-0.39, 0.29) is 25.5 Å². The molecule has 0 aromatic heterocycles. The van der Waals surface area contributed by atoms with Gasteiger partial charge in [-0.05, 0) is 51.4 Å². The van der Waals surface area contributed by atoms with E-state index in [4.69, 9.17) is 9.05 Å². The number of carbonyl (C=O) groups is 1. The van der Waals surface area contributed by atoms with Crippen LogP contribution < -0.4 is 5.32 Å². The molecule has 0 aliphatic carbocycles. The standard InChI is InChI=1S/C43H77N2O6P/c1-6-8-10-12-14-16-18-19-20-21-22-23-24-25-27-29-31-33-35-37-43(47)44-41(40-51-52(48,49)50-39-38-45(3,4)5)42(46)36-34-32-30-28-26-17-15-13-11-9-7-2/h8,10,14,16,19-20,22-23,25,27,31,33,41-42,46H,6-7,9,11-13,15,17-18,21,24,26,28-30,32,34-40H2,1-5H3,(H-,44,47,48,49)/p+1/b10-8-,16-14-,20-19-,23-22-,27-25-,33-31-. The number of phosphoric acid groups is 1. The molecule has 0 radical (unpaired) electrons. The van der Waals surface area contributed by atoms with E-state index in [0.29, 0.717) is 23.9 Å². The minimum Gasteiger partial charge on any atom is -0.391 e. The molecule has 0 spiro atoms. The summed E-state index contributed by atoms with van der Waals surface area (Å²) in [5.74, 6) is -0.232. The smallest absolute Gasteiger partial charge is 0.391 e. The summed E-state index contributed by atoms with van der Waals surface area (Å²) in [7, 11) is 1.55. The number of nitrogens with zero attached hydrogens (tertiary/aromatic N) is 1. The van der Waals surface area contributed by atoms with Crippen LogP contribution in [0.15, 0.2) is 72.9 Å². The zero-order valence-electron chi connectivity index (χ0n) is 33.8. The Bertz CT molecular complexity index is 1080. The van der Waals surface area contributed by atoms with Gasteiger partial charge in [0.1, 0.15) is 13.2 Å². The summed E-state index contributed by atoms with van der Waals surface area (Å²) >= 11 is 0. The molecule has 52 heavy (non-hydrogen) atoms. The number of hydrogen-bond donors (Lipinski definition) is 3. The highest BCUT2D eigenvalue weighted by molar-refractivity contribution is 7.47. The first kappa shape index (κ1) is 49.9. The number of phosphoric ester groups is 1. The van der Waals surface area contributed by atoms with E-state index < -0.39 is 20.0 Å². The third-order valence-electron chi connectivity index (χ3n) is 8.48. The molecule has 0 saturated heterocycles. The Hall–Kier alpha value is -2.06. The quantitative estimate of drug-likeness (QED) is 0.0258. The number of hydrogen-bond acceptors (Lipinski definition) is 5. The number of allylic oxidation sites excluding steroid dienone is 12. The van der Waals surface area contributed by atoms with Crippen molar-refractivity contribution in [2.45, 2.75) is 154 Å². The summed E-state index contributed by atoms with van der Waals surface area (Å²) in [5.41, 5.74) is 0. The molecule has 0 fully saturated rings. The maximum Gasteiger partial charge on any atom is 0.472 e. The van der Waals surface area contributed by atoms with Crippen LogP contribution in [0.1, 0.15) is 142 Å². The minimum atomic E-state index is -4.33. The second-order valence-corrected chi connectivity index (χ2v) is 16.1. The average molecular weight is 750 g/mol. The van der Waals surface area contributed by atoms with Gasteiger partial charge in [0.15, 0.2) is 0 Å². The third kappa shape index (κ3) is 36.3. The highest BCUT2D eigenvalue weighted by atomic mass is 31.2. The molecule has 0 heterocycles. The molecular weight excluding hydrogens is 671 g/mol. The molecule has 9 heteroatoms. The summed E-state index contributed by atoms with van der Waals surface area (Å²) in [4.78, 5) is 23.0. The van der Waals surface area contributed by atoms with Crippen molar-refractivity contribution in [3.05, 3.63) is 72.9 Å². The van der Waals surface area contributed by atoms with Gasteiger partial charge in [-0.25, -0.2) is 4.57 Å². The molecule has 3 atom stereocenters. The number of quaternary nitrogens is 1. The number of likely N-dealkylation sites (N-methyl/N-ethyl adjacent to an activating group) is 1. The normalized spacial score (nSPS) is 15.3. The van der Waals surface area contributed by atoms with Crippen molar-refractivity contribution >= 4 is 13.7 Å². The SMILES string of the molecule is CC/C=C\C/C=C\C/C=C\C/C=C\C/C=C\C/C=C\CCC(=O)NC(COP(=O)(O)OCC[N+](C)(C)C)C(O)CCCCCCCCCCCCC. The number of nitrogens with one attached hydrogen (secondary N) is 1. The maximum absolute atomic E-state index is 12.8. The lowest BCUT2D eigenvalue weighted by atomic mass is 10.0. The van der Waals surface area contributed by atoms with Gasteiger partial charge in [0.25, 0.3) is 0 Å². The topological polar surface area (TPSA) is 105 Å². The Labute approximate surface area is 319 Å². The molecule has 300 valence electrons. The molecule has 0 aromatic carbocycles. The molecule has 0 aliphatic heterocycles. The summed E-state index contributed by atoms with van der Waals surface area (Å²) in [6, 6.07) is -0.802. The zero-order chi connectivity index (χ0) is 38.6. The summed E-state index contributed by atoms with van der Waals surface area (Å²) in [6.45, 7) is 4.67. The first-order valence-corrected chi connectivity index (χ1v) is 21.8. The number of rotatable bonds is 35. The lowest BCUT2D eigenvalue weighted by Gasteiger charge is -2.26. The average Bonchev–Trinajstić information content (AvgIpc) is 3.09. The summed E-state index contributed by atoms with van der Waals surface area (Å²) < 4.78 is 23.5. The van der Waals surface area contributed by atoms with E-state index in [0.717, 1.165) is 57.8 Å². The van der Waals surface area contributed by atoms with Crippen LogP contribution in [0.4, 0.5) is 0 Å². The number of carbonyl (C=O) groups excluding carboxylic acids is 1. The van der Waals surface area contributed by atoms with Gasteiger partial charge >= 0.3 is 7.82 Å². The van der Waals surface area contributed by atoms with Gasteiger partial charge in [0, 0.05) is 6.42 Å². The molecular formula is C43H78N2O6P+. The van der Waals surface area contributed by atoms with E-state index in [9.17, 15) is 19.4 Å². The van der Waals surface area contributed by atoms with Crippen molar-refractivity contribution in [3.8, 4) is 0 Å². The van der Waals surface area contributed by atoms with Crippen LogP contribution in [0.5, 0.6) is 0 Å². The van der Waals surface area contributed by atoms with Gasteiger partial charge in [-0.2, -0.15) is 0 Å². The highest BCUT2D eigenvalue weighted by Gasteiger charge is 2.28. The van der Waals surface area contributed by atoms with Crippen molar-refractivity contribution in [2.24, 2.45) is 0 Å². The maximum atomic E-state index is 12.8. The first-order chi connectivity index (χ1) is 25.0. The lowest BCUT2D eigenvalue weighted by Crippen LogP contribution is -2.46. The molecule has 8 nitrogen and oxygen atoms in total. The fourth-order valence-corrected chi connectivity index (χ4v) is 5.98. The Morgan fingerprint density at radius 3 is 1.58 bits per heavy atom. The second kappa shape index (κ2) is 34.7. The highest BCUT2D eigenvalue weighted by Crippen LogP contribution is 2.43. The van der Waals surface area contributed by atoms with Gasteiger partial charge in [-0.1, -0.05) is 157 Å². The molecule has 0 saturated carbocycles. The molecule has 0 aliphatic rings. The van der Waals surface area contributed by atoms with Gasteiger partial charge in [-0.15, -0.1) is 0 Å². The van der Waals surface area contributed by atoms with Crippen molar-refractivity contribution < 1.29 is 32.9 Å². The zero-order valence-corrected chi connectivity index (χ0v) is 34.7. The van der Waals surface area contributed by atoms with Crippen LogP contribution in [-0.4, -0.2) is 73.4 Å². The van der Waals surface area contributed by atoms with Crippen LogP contribution in [0.3, 0.4) is 0 Å². The van der Waals surface area contributed by atoms with Crippen molar-refractivity contribution in [1.29, 1.82) is 0 Å². The van der Waals surface area contributed by atoms with Gasteiger partial charge in [0.2, 0.25) is 5.91 Å². The Kier molecular flexibility index (Phi) is 33.3. The largest absolute Gasteiger partial charge is 0.472 e. The van der Waals surface area contributed by atoms with Crippen molar-refractivity contribution in [2.75, 3.05) is 40.9 Å². The van der Waals surface area contributed by atoms with Crippen LogP contribution in [0.2, 0.25) is 0 Å². The molecule has 0 bridgehead atoms. The molecule has 3 N–H and O–H groups in total. The minimum absolute atomic E-state index is 0.0571. The summed E-state index contributed by atoms with van der Waals surface area (Å²) in [5, 5.41) is 13.8. The van der Waals surface area contributed by atoms with Crippen molar-refractivity contribution in [3.63, 3.8) is 0 Å². The molecule has 0 aromatic rings. The Morgan fingerprint density at radius 2 is 1.12 bits per heavy atom. The van der Waals surface area contributed by atoms with E-state index in [1.54, 1.807) is 0 Å². The monoisotopic (exact) mass is 750 g/mol. The second-order valence-electron chi connectivity index (χ2n) is 14.6. The van der Waals surface area contributed by atoms with E-state index in [2.05, 4.69) is 79.9 Å². The Balaban J connectivity index is 4.57. The van der Waals surface area contributed by atoms with Gasteiger partial charge in [0.05, 0.1) is 39.9 Å². The molecule has 3 unspecified atom stereocenters. The first-order valence-electron chi connectivity index (χ1n) is 20.3. The molecule has 0 rings (SSSR count). The Morgan fingerprint density at radius 1 is 0.673 bits per heavy atom. The predicted octanol–water partition coefficient (Wildman–Crippen LogP) is 10.9. The lowest BCUT2D eigenvalue weighted by molar-refractivity contribution is -0.870. The summed E-state index contributed by atoms with van der Waals surface area (Å²) in [6.07, 6.45) is 45.1. The number of amides is 1. The van der Waals surface area contributed by atoms with Crippen LogP contribution >= 0.6 is 7.82 Å². The van der Waals surface area contributed by atoms with Gasteiger partial charge < -0.3 is 19.8 Å². The van der Waals surface area contributed by atoms with Crippen LogP contribution in [0, 0.1) is 0 Å². The van der Waals surface area contributed by atoms with Gasteiger partial charge in [-0.3, -0.25) is 13.8 Å². The van der Waals surface area contributed by atoms with E-state index in [1.807, 2.05) is 33.3 Å². The van der Waals surface area contributed by atoms with E-state index >= 15 is 0 Å².